The molecule has 4 aromatic rings. The van der Waals surface area contributed by atoms with E-state index < -0.39 is 11.9 Å². The molecule has 33 heavy (non-hydrogen) atoms. The summed E-state index contributed by atoms with van der Waals surface area (Å²) in [7, 11) is 0. The van der Waals surface area contributed by atoms with E-state index in [1.807, 2.05) is 50.2 Å². The number of furan rings is 1. The number of carboxylic acids is 1. The first-order chi connectivity index (χ1) is 15.9. The van der Waals surface area contributed by atoms with E-state index in [1.54, 1.807) is 24.4 Å². The summed E-state index contributed by atoms with van der Waals surface area (Å²) < 4.78 is 20.1. The normalized spacial score (nSPS) is 12.0. The van der Waals surface area contributed by atoms with E-state index in [0.717, 1.165) is 16.9 Å². The third-order valence-electron chi connectivity index (χ3n) is 5.77. The molecule has 0 aliphatic rings. The van der Waals surface area contributed by atoms with Crippen LogP contribution in [0, 0.1) is 25.6 Å². The number of rotatable bonds is 8. The Morgan fingerprint density at radius 3 is 2.42 bits per heavy atom. The highest BCUT2D eigenvalue weighted by Gasteiger charge is 2.24. The Morgan fingerprint density at radius 2 is 1.76 bits per heavy atom. The van der Waals surface area contributed by atoms with Crippen molar-refractivity contribution in [3.05, 3.63) is 107 Å². The van der Waals surface area contributed by atoms with E-state index in [4.69, 9.17) is 9.40 Å². The van der Waals surface area contributed by atoms with Crippen LogP contribution in [0.3, 0.4) is 0 Å². The second kappa shape index (κ2) is 9.77. The molecule has 0 spiro atoms. The van der Waals surface area contributed by atoms with Gasteiger partial charge in [-0.25, -0.2) is 9.37 Å². The van der Waals surface area contributed by atoms with Crippen LogP contribution in [-0.2, 0) is 24.1 Å². The second-order valence-corrected chi connectivity index (χ2v) is 8.18. The zero-order valence-corrected chi connectivity index (χ0v) is 18.6. The number of carboxylic acid groups (broad SMARTS) is 1. The minimum atomic E-state index is -0.938. The molecule has 168 valence electrons. The molecule has 2 heterocycles. The third kappa shape index (κ3) is 5.34. The van der Waals surface area contributed by atoms with Crippen molar-refractivity contribution in [3.8, 4) is 11.3 Å². The van der Waals surface area contributed by atoms with Gasteiger partial charge >= 0.3 is 5.97 Å². The van der Waals surface area contributed by atoms with Gasteiger partial charge in [0.1, 0.15) is 17.3 Å². The Bertz CT molecular complexity index is 1250. The molecule has 5 nitrogen and oxygen atoms in total. The highest BCUT2D eigenvalue weighted by molar-refractivity contribution is 5.70. The summed E-state index contributed by atoms with van der Waals surface area (Å²) in [6.45, 7) is 3.79. The van der Waals surface area contributed by atoms with E-state index in [-0.39, 0.29) is 25.1 Å². The van der Waals surface area contributed by atoms with Crippen LogP contribution in [0.5, 0.6) is 0 Å². The number of hydrogen-bond acceptors (Lipinski definition) is 4. The molecule has 1 unspecified atom stereocenters. The fourth-order valence-corrected chi connectivity index (χ4v) is 3.81. The maximum Gasteiger partial charge on any atom is 0.307 e. The summed E-state index contributed by atoms with van der Waals surface area (Å²) >= 11 is 0. The highest BCUT2D eigenvalue weighted by Crippen LogP contribution is 2.24. The standard InChI is InChI=1S/C27H25FN2O3/c1-17-12-22(33-18(17)2)13-21(27(31)32)15-24-25(14-20-10-6-7-11-23(20)28)30-26(16-29-24)19-8-4-3-5-9-19/h3-12,16,21H,13-15H2,1-2H3,(H,31,32). The lowest BCUT2D eigenvalue weighted by Gasteiger charge is -2.15. The van der Waals surface area contributed by atoms with Gasteiger partial charge in [0.15, 0.2) is 0 Å². The summed E-state index contributed by atoms with van der Waals surface area (Å²) in [5.41, 5.74) is 4.14. The van der Waals surface area contributed by atoms with Crippen molar-refractivity contribution in [2.75, 3.05) is 0 Å². The molecule has 2 aromatic heterocycles. The number of aromatic nitrogens is 2. The molecular formula is C27H25FN2O3. The Kier molecular flexibility index (Phi) is 6.63. The van der Waals surface area contributed by atoms with Crippen molar-refractivity contribution >= 4 is 5.97 Å². The van der Waals surface area contributed by atoms with E-state index in [1.165, 1.54) is 6.07 Å². The average molecular weight is 445 g/mol. The van der Waals surface area contributed by atoms with Crippen LogP contribution >= 0.6 is 0 Å². The first-order valence-corrected chi connectivity index (χ1v) is 10.8. The Morgan fingerprint density at radius 1 is 1.03 bits per heavy atom. The van der Waals surface area contributed by atoms with Gasteiger partial charge in [-0.1, -0.05) is 48.5 Å². The molecule has 4 rings (SSSR count). The lowest BCUT2D eigenvalue weighted by Crippen LogP contribution is -2.21. The van der Waals surface area contributed by atoms with Gasteiger partial charge in [0.25, 0.3) is 0 Å². The number of hydrogen-bond donors (Lipinski definition) is 1. The predicted octanol–water partition coefficient (Wildman–Crippen LogP) is 5.57. The third-order valence-corrected chi connectivity index (χ3v) is 5.77. The number of carbonyl (C=O) groups is 1. The fraction of sp³-hybridized carbons (Fsp3) is 0.222. The molecular weight excluding hydrogens is 419 g/mol. The Labute approximate surface area is 192 Å². The number of aryl methyl sites for hydroxylation is 2. The van der Waals surface area contributed by atoms with Crippen LogP contribution in [0.15, 0.2) is 71.3 Å². The molecule has 0 saturated carbocycles. The van der Waals surface area contributed by atoms with Crippen LogP contribution in [-0.4, -0.2) is 21.0 Å². The number of benzene rings is 2. The molecule has 0 bridgehead atoms. The first kappa shape index (κ1) is 22.4. The topological polar surface area (TPSA) is 76.2 Å². The molecule has 1 N–H and O–H groups in total. The lowest BCUT2D eigenvalue weighted by molar-refractivity contribution is -0.141. The van der Waals surface area contributed by atoms with E-state index in [2.05, 4.69) is 4.98 Å². The summed E-state index contributed by atoms with van der Waals surface area (Å²) in [6, 6.07) is 18.0. The second-order valence-electron chi connectivity index (χ2n) is 8.18. The smallest absolute Gasteiger partial charge is 0.307 e. The van der Waals surface area contributed by atoms with Gasteiger partial charge in [0.2, 0.25) is 0 Å². The van der Waals surface area contributed by atoms with Crippen molar-refractivity contribution < 1.29 is 18.7 Å². The summed E-state index contributed by atoms with van der Waals surface area (Å²) in [5.74, 6) is -0.603. The Balaban J connectivity index is 1.69. The molecule has 0 amide bonds. The molecule has 1 atom stereocenters. The van der Waals surface area contributed by atoms with Gasteiger partial charge < -0.3 is 9.52 Å². The summed E-state index contributed by atoms with van der Waals surface area (Å²) in [4.78, 5) is 21.4. The zero-order valence-electron chi connectivity index (χ0n) is 18.6. The van der Waals surface area contributed by atoms with E-state index in [0.29, 0.717) is 28.4 Å². The first-order valence-electron chi connectivity index (χ1n) is 10.8. The van der Waals surface area contributed by atoms with Crippen molar-refractivity contribution in [1.29, 1.82) is 0 Å². The molecule has 0 fully saturated rings. The summed E-state index contributed by atoms with van der Waals surface area (Å²) in [6.07, 6.45) is 2.28. The van der Waals surface area contributed by atoms with Gasteiger partial charge in [0, 0.05) is 24.8 Å². The van der Waals surface area contributed by atoms with Gasteiger partial charge in [-0.15, -0.1) is 0 Å². The van der Waals surface area contributed by atoms with Crippen molar-refractivity contribution in [1.82, 2.24) is 9.97 Å². The van der Waals surface area contributed by atoms with Gasteiger partial charge in [-0.2, -0.15) is 0 Å². The van der Waals surface area contributed by atoms with Crippen LogP contribution in [0.1, 0.15) is 34.0 Å². The van der Waals surface area contributed by atoms with Crippen LogP contribution < -0.4 is 0 Å². The Hall–Kier alpha value is -3.80. The molecule has 6 heteroatoms. The fourth-order valence-electron chi connectivity index (χ4n) is 3.81. The van der Waals surface area contributed by atoms with Crippen LogP contribution in [0.2, 0.25) is 0 Å². The predicted molar refractivity (Wildman–Crippen MR) is 123 cm³/mol. The van der Waals surface area contributed by atoms with Gasteiger partial charge in [-0.3, -0.25) is 9.78 Å². The molecule has 2 aromatic carbocycles. The number of halogens is 1. The maximum atomic E-state index is 14.4. The molecule has 0 aliphatic heterocycles. The van der Waals surface area contributed by atoms with Crippen molar-refractivity contribution in [2.24, 2.45) is 5.92 Å². The maximum absolute atomic E-state index is 14.4. The van der Waals surface area contributed by atoms with Gasteiger partial charge in [0.05, 0.1) is 29.2 Å². The lowest BCUT2D eigenvalue weighted by atomic mass is 9.95. The average Bonchev–Trinajstić information content (AvgIpc) is 3.13. The quantitative estimate of drug-likeness (QED) is 0.385. The van der Waals surface area contributed by atoms with Crippen LogP contribution in [0.4, 0.5) is 4.39 Å². The molecule has 0 saturated heterocycles. The minimum Gasteiger partial charge on any atom is -0.481 e. The molecule has 0 aliphatic carbocycles. The summed E-state index contributed by atoms with van der Waals surface area (Å²) in [5, 5.41) is 9.88. The van der Waals surface area contributed by atoms with Crippen molar-refractivity contribution in [2.45, 2.75) is 33.1 Å². The van der Waals surface area contributed by atoms with Crippen molar-refractivity contribution in [3.63, 3.8) is 0 Å². The van der Waals surface area contributed by atoms with E-state index in [9.17, 15) is 14.3 Å². The zero-order chi connectivity index (χ0) is 23.4. The minimum absolute atomic E-state index is 0.167. The molecule has 0 radical (unpaired) electrons. The highest BCUT2D eigenvalue weighted by atomic mass is 19.1. The number of aliphatic carboxylic acids is 1. The largest absolute Gasteiger partial charge is 0.481 e. The van der Waals surface area contributed by atoms with E-state index >= 15 is 0 Å². The monoisotopic (exact) mass is 444 g/mol. The SMILES string of the molecule is Cc1cc(CC(Cc2ncc(-c3ccccc3)nc2Cc2ccccc2F)C(=O)O)oc1C. The van der Waals surface area contributed by atoms with Gasteiger partial charge in [-0.05, 0) is 37.1 Å². The number of nitrogens with zero attached hydrogens (tertiary/aromatic N) is 2. The van der Waals surface area contributed by atoms with Crippen LogP contribution in [0.25, 0.3) is 11.3 Å².